The number of rotatable bonds is 5. The first kappa shape index (κ1) is 16.4. The van der Waals surface area contributed by atoms with Gasteiger partial charge in [-0.15, -0.1) is 0 Å². The summed E-state index contributed by atoms with van der Waals surface area (Å²) in [5, 5.41) is 4.57. The minimum absolute atomic E-state index is 0.0893. The molecular weight excluding hydrogens is 358 g/mol. The summed E-state index contributed by atoms with van der Waals surface area (Å²) >= 11 is 9.33. The molecule has 1 atom stereocenters. The minimum atomic E-state index is -0.810. The molecular formula is C14H17BrClN3O2. The minimum Gasteiger partial charge on any atom is -0.376 e. The quantitative estimate of drug-likeness (QED) is 0.862. The highest BCUT2D eigenvalue weighted by atomic mass is 79.9. The number of nitrogens with two attached hydrogens (primary N) is 1. The number of benzene rings is 1. The van der Waals surface area contributed by atoms with Gasteiger partial charge >= 0.3 is 0 Å². The van der Waals surface area contributed by atoms with E-state index in [1.165, 1.54) is 0 Å². The number of nitrogens with zero attached hydrogens (tertiary/aromatic N) is 2. The Bertz CT molecular complexity index is 628. The largest absolute Gasteiger partial charge is 0.376 e. The van der Waals surface area contributed by atoms with Crippen LogP contribution in [-0.2, 0) is 10.3 Å². The molecule has 7 heteroatoms. The SMILES string of the molecule is CC(C)OCC(C)(N)c1noc(-c2ccc(Cl)c(Br)c2)n1. The van der Waals surface area contributed by atoms with Crippen molar-refractivity contribution in [3.05, 3.63) is 33.5 Å². The molecule has 2 aromatic rings. The summed E-state index contributed by atoms with van der Waals surface area (Å²) in [6.07, 6.45) is 0.0893. The standard InChI is InChI=1S/C14H17BrClN3O2/c1-8(2)20-7-14(3,17)13-18-12(21-19-13)9-4-5-11(16)10(15)6-9/h4-6,8H,7,17H2,1-3H3. The Morgan fingerprint density at radius 3 is 2.81 bits per heavy atom. The predicted molar refractivity (Wildman–Crippen MR) is 85.1 cm³/mol. The number of halogens is 2. The Morgan fingerprint density at radius 1 is 1.48 bits per heavy atom. The Hall–Kier alpha value is -0.950. The van der Waals surface area contributed by atoms with Crippen LogP contribution in [-0.4, -0.2) is 22.9 Å². The van der Waals surface area contributed by atoms with E-state index in [0.717, 1.165) is 10.0 Å². The molecule has 0 aliphatic heterocycles. The van der Waals surface area contributed by atoms with E-state index in [2.05, 4.69) is 26.1 Å². The fraction of sp³-hybridized carbons (Fsp3) is 0.429. The number of aromatic nitrogens is 2. The smallest absolute Gasteiger partial charge is 0.258 e. The van der Waals surface area contributed by atoms with Crippen molar-refractivity contribution in [2.75, 3.05) is 6.61 Å². The van der Waals surface area contributed by atoms with E-state index in [4.69, 9.17) is 26.6 Å². The van der Waals surface area contributed by atoms with Gasteiger partial charge in [-0.05, 0) is 54.9 Å². The molecule has 0 saturated heterocycles. The van der Waals surface area contributed by atoms with Crippen LogP contribution < -0.4 is 5.73 Å². The average molecular weight is 375 g/mol. The van der Waals surface area contributed by atoms with Crippen molar-refractivity contribution >= 4 is 27.5 Å². The zero-order valence-corrected chi connectivity index (χ0v) is 14.4. The van der Waals surface area contributed by atoms with Crippen LogP contribution in [0.2, 0.25) is 5.02 Å². The van der Waals surface area contributed by atoms with Gasteiger partial charge in [0, 0.05) is 10.0 Å². The molecule has 0 aliphatic rings. The first-order valence-corrected chi connectivity index (χ1v) is 7.67. The average Bonchev–Trinajstić information content (AvgIpc) is 2.90. The maximum absolute atomic E-state index is 6.19. The number of hydrogen-bond donors (Lipinski definition) is 1. The zero-order chi connectivity index (χ0) is 15.6. The number of hydrogen-bond acceptors (Lipinski definition) is 5. The summed E-state index contributed by atoms with van der Waals surface area (Å²) < 4.78 is 11.6. The lowest BCUT2D eigenvalue weighted by Gasteiger charge is -2.21. The Labute approximate surface area is 136 Å². The van der Waals surface area contributed by atoms with Crippen LogP contribution in [0.3, 0.4) is 0 Å². The van der Waals surface area contributed by atoms with E-state index in [0.29, 0.717) is 23.3 Å². The molecule has 0 saturated carbocycles. The molecule has 114 valence electrons. The van der Waals surface area contributed by atoms with Crippen molar-refractivity contribution in [2.24, 2.45) is 5.73 Å². The Balaban J connectivity index is 2.22. The van der Waals surface area contributed by atoms with Crippen molar-refractivity contribution in [3.8, 4) is 11.5 Å². The first-order valence-electron chi connectivity index (χ1n) is 6.49. The molecule has 2 N–H and O–H groups in total. The third-order valence-electron chi connectivity index (χ3n) is 2.82. The summed E-state index contributed by atoms with van der Waals surface area (Å²) in [7, 11) is 0. The normalized spacial score (nSPS) is 14.4. The van der Waals surface area contributed by atoms with Crippen molar-refractivity contribution in [1.29, 1.82) is 0 Å². The van der Waals surface area contributed by atoms with Crippen molar-refractivity contribution in [2.45, 2.75) is 32.4 Å². The van der Waals surface area contributed by atoms with Gasteiger partial charge in [-0.2, -0.15) is 4.98 Å². The lowest BCUT2D eigenvalue weighted by atomic mass is 10.1. The molecule has 0 spiro atoms. The lowest BCUT2D eigenvalue weighted by Crippen LogP contribution is -2.40. The summed E-state index contributed by atoms with van der Waals surface area (Å²) in [5.74, 6) is 0.799. The molecule has 1 unspecified atom stereocenters. The third-order valence-corrected chi connectivity index (χ3v) is 4.03. The molecule has 1 aromatic heterocycles. The Morgan fingerprint density at radius 2 is 2.19 bits per heavy atom. The van der Waals surface area contributed by atoms with Crippen LogP contribution in [0.25, 0.3) is 11.5 Å². The molecule has 5 nitrogen and oxygen atoms in total. The van der Waals surface area contributed by atoms with Gasteiger partial charge in [-0.3, -0.25) is 0 Å². The monoisotopic (exact) mass is 373 g/mol. The van der Waals surface area contributed by atoms with E-state index in [9.17, 15) is 0 Å². The molecule has 0 amide bonds. The molecule has 1 heterocycles. The number of ether oxygens (including phenoxy) is 1. The molecule has 2 rings (SSSR count). The second kappa shape index (κ2) is 6.44. The molecule has 0 aliphatic carbocycles. The molecule has 21 heavy (non-hydrogen) atoms. The van der Waals surface area contributed by atoms with Crippen molar-refractivity contribution in [1.82, 2.24) is 10.1 Å². The Kier molecular flexibility index (Phi) is 5.03. The van der Waals surface area contributed by atoms with E-state index < -0.39 is 5.54 Å². The van der Waals surface area contributed by atoms with Gasteiger partial charge in [-0.25, -0.2) is 0 Å². The fourth-order valence-corrected chi connectivity index (χ4v) is 2.10. The van der Waals surface area contributed by atoms with Crippen LogP contribution >= 0.6 is 27.5 Å². The van der Waals surface area contributed by atoms with Crippen LogP contribution in [0.4, 0.5) is 0 Å². The zero-order valence-electron chi connectivity index (χ0n) is 12.1. The van der Waals surface area contributed by atoms with Crippen LogP contribution in [0.15, 0.2) is 27.2 Å². The summed E-state index contributed by atoms with van der Waals surface area (Å²) in [4.78, 5) is 4.35. The topological polar surface area (TPSA) is 74.2 Å². The van der Waals surface area contributed by atoms with E-state index in [1.807, 2.05) is 32.9 Å². The lowest BCUT2D eigenvalue weighted by molar-refractivity contribution is 0.0410. The highest BCUT2D eigenvalue weighted by Gasteiger charge is 2.28. The molecule has 1 aromatic carbocycles. The molecule has 0 radical (unpaired) electrons. The molecule has 0 bridgehead atoms. The van der Waals surface area contributed by atoms with Gasteiger partial charge in [0.1, 0.15) is 5.54 Å². The predicted octanol–water partition coefficient (Wildman–Crippen LogP) is 3.75. The van der Waals surface area contributed by atoms with Crippen molar-refractivity contribution < 1.29 is 9.26 Å². The summed E-state index contributed by atoms with van der Waals surface area (Å²) in [5.41, 5.74) is 6.15. The highest BCUT2D eigenvalue weighted by molar-refractivity contribution is 9.10. The van der Waals surface area contributed by atoms with Crippen LogP contribution in [0.1, 0.15) is 26.6 Å². The first-order chi connectivity index (χ1) is 9.79. The summed E-state index contributed by atoms with van der Waals surface area (Å²) in [6, 6.07) is 5.38. The molecule has 0 fully saturated rings. The van der Waals surface area contributed by atoms with E-state index in [-0.39, 0.29) is 6.10 Å². The van der Waals surface area contributed by atoms with Gasteiger partial charge in [0.05, 0.1) is 17.7 Å². The third kappa shape index (κ3) is 4.03. The van der Waals surface area contributed by atoms with Gasteiger partial charge in [-0.1, -0.05) is 16.8 Å². The van der Waals surface area contributed by atoms with Gasteiger partial charge in [0.25, 0.3) is 5.89 Å². The van der Waals surface area contributed by atoms with E-state index >= 15 is 0 Å². The maximum Gasteiger partial charge on any atom is 0.258 e. The highest BCUT2D eigenvalue weighted by Crippen LogP contribution is 2.29. The van der Waals surface area contributed by atoms with Gasteiger partial charge in [0.15, 0.2) is 5.82 Å². The van der Waals surface area contributed by atoms with Gasteiger partial charge < -0.3 is 15.0 Å². The second-order valence-corrected chi connectivity index (χ2v) is 6.59. The summed E-state index contributed by atoms with van der Waals surface area (Å²) in [6.45, 7) is 6.02. The van der Waals surface area contributed by atoms with Crippen molar-refractivity contribution in [3.63, 3.8) is 0 Å². The fourth-order valence-electron chi connectivity index (χ4n) is 1.61. The van der Waals surface area contributed by atoms with Crippen LogP contribution in [0, 0.1) is 0 Å². The second-order valence-electron chi connectivity index (χ2n) is 5.33. The van der Waals surface area contributed by atoms with Crippen LogP contribution in [0.5, 0.6) is 0 Å². The van der Waals surface area contributed by atoms with E-state index in [1.54, 1.807) is 6.07 Å². The maximum atomic E-state index is 6.19. The van der Waals surface area contributed by atoms with Gasteiger partial charge in [0.2, 0.25) is 0 Å².